The van der Waals surface area contributed by atoms with Crippen molar-refractivity contribution in [3.05, 3.63) is 69.9 Å². The van der Waals surface area contributed by atoms with Crippen LogP contribution in [0.4, 0.5) is 5.69 Å². The molecule has 1 aliphatic heterocycles. The minimum absolute atomic E-state index is 0.105. The lowest BCUT2D eigenvalue weighted by molar-refractivity contribution is 0.102. The molecule has 0 fully saturated rings. The molecule has 8 heteroatoms. The van der Waals surface area contributed by atoms with Crippen LogP contribution < -0.4 is 10.9 Å². The van der Waals surface area contributed by atoms with Crippen LogP contribution in [0, 0.1) is 6.92 Å². The van der Waals surface area contributed by atoms with Crippen LogP contribution in [-0.4, -0.2) is 30.2 Å². The molecule has 33 heavy (non-hydrogen) atoms. The average molecular weight is 443 g/mol. The Balaban J connectivity index is 1.37. The number of benzene rings is 2. The first kappa shape index (κ1) is 21.1. The van der Waals surface area contributed by atoms with Gasteiger partial charge in [-0.15, -0.1) is 10.2 Å². The van der Waals surface area contributed by atoms with E-state index in [2.05, 4.69) is 25.1 Å². The fraction of sp³-hybridized carbons (Fsp3) is 0.320. The Labute approximate surface area is 191 Å². The van der Waals surface area contributed by atoms with Gasteiger partial charge >= 0.3 is 0 Å². The fourth-order valence-corrected chi connectivity index (χ4v) is 4.43. The summed E-state index contributed by atoms with van der Waals surface area (Å²) in [6.07, 6.45) is 4.48. The molecule has 0 atom stereocenters. The Morgan fingerprint density at radius 3 is 2.67 bits per heavy atom. The molecule has 168 valence electrons. The van der Waals surface area contributed by atoms with Crippen LogP contribution in [0.1, 0.15) is 48.1 Å². The molecular weight excluding hydrogens is 416 g/mol. The van der Waals surface area contributed by atoms with Crippen molar-refractivity contribution in [2.24, 2.45) is 0 Å². The number of carbonyl (C=O) groups excluding carboxylic acids is 1. The van der Waals surface area contributed by atoms with Gasteiger partial charge in [-0.05, 0) is 69.2 Å². The van der Waals surface area contributed by atoms with E-state index in [1.165, 1.54) is 6.42 Å². The Bertz CT molecular complexity index is 1400. The maximum Gasteiger partial charge on any atom is 0.272 e. The van der Waals surface area contributed by atoms with E-state index < -0.39 is 0 Å². The van der Waals surface area contributed by atoms with Crippen molar-refractivity contribution in [3.63, 3.8) is 0 Å². The summed E-state index contributed by atoms with van der Waals surface area (Å²) < 4.78 is 3.88. The highest BCUT2D eigenvalue weighted by molar-refractivity contribution is 6.06. The molecule has 3 heterocycles. The Morgan fingerprint density at radius 2 is 1.88 bits per heavy atom. The predicted octanol–water partition coefficient (Wildman–Crippen LogP) is 3.96. The molecule has 0 unspecified atom stereocenters. The third kappa shape index (κ3) is 3.92. The molecule has 0 bridgehead atoms. The van der Waals surface area contributed by atoms with Crippen LogP contribution in [0.2, 0.25) is 0 Å². The zero-order chi connectivity index (χ0) is 22.9. The standard InChI is InChI=1S/C25H26N6O2/c1-3-30-21-13-10-18(15-20(21)26-16(2)25(30)33)24(32)27-19-11-8-17(9-12-19)23-29-28-22-7-5-4-6-14-31(22)23/h8-13,15H,3-7,14H2,1-2H3,(H,27,32). The fourth-order valence-electron chi connectivity index (χ4n) is 4.43. The van der Waals surface area contributed by atoms with Crippen molar-refractivity contribution in [1.82, 2.24) is 24.3 Å². The number of carbonyl (C=O) groups is 1. The molecule has 4 aromatic rings. The lowest BCUT2D eigenvalue weighted by Gasteiger charge is -2.11. The molecule has 0 spiro atoms. The highest BCUT2D eigenvalue weighted by Crippen LogP contribution is 2.24. The van der Waals surface area contributed by atoms with Crippen LogP contribution >= 0.6 is 0 Å². The first-order valence-corrected chi connectivity index (χ1v) is 11.4. The van der Waals surface area contributed by atoms with Gasteiger partial charge in [0.25, 0.3) is 11.5 Å². The SMILES string of the molecule is CCn1c(=O)c(C)nc2cc(C(=O)Nc3ccc(-c4nnc5n4CCCCC5)cc3)ccc21. The first-order valence-electron chi connectivity index (χ1n) is 11.4. The molecule has 0 saturated heterocycles. The number of aryl methyl sites for hydroxylation is 3. The normalized spacial score (nSPS) is 13.5. The second-order valence-electron chi connectivity index (χ2n) is 8.38. The number of anilines is 1. The molecule has 2 aromatic heterocycles. The summed E-state index contributed by atoms with van der Waals surface area (Å²) in [7, 11) is 0. The van der Waals surface area contributed by atoms with Crippen LogP contribution in [0.3, 0.4) is 0 Å². The highest BCUT2D eigenvalue weighted by atomic mass is 16.1. The van der Waals surface area contributed by atoms with Gasteiger partial charge in [0.1, 0.15) is 11.5 Å². The van der Waals surface area contributed by atoms with E-state index >= 15 is 0 Å². The van der Waals surface area contributed by atoms with E-state index in [1.807, 2.05) is 31.2 Å². The van der Waals surface area contributed by atoms with Crippen molar-refractivity contribution in [1.29, 1.82) is 0 Å². The molecule has 8 nitrogen and oxygen atoms in total. The monoisotopic (exact) mass is 442 g/mol. The van der Waals surface area contributed by atoms with Crippen molar-refractivity contribution >= 4 is 22.6 Å². The van der Waals surface area contributed by atoms with E-state index in [0.717, 1.165) is 48.5 Å². The number of amides is 1. The van der Waals surface area contributed by atoms with Gasteiger partial charge < -0.3 is 14.5 Å². The van der Waals surface area contributed by atoms with Gasteiger partial charge in [-0.25, -0.2) is 4.98 Å². The van der Waals surface area contributed by atoms with Gasteiger partial charge in [-0.2, -0.15) is 0 Å². The molecule has 2 aromatic carbocycles. The smallest absolute Gasteiger partial charge is 0.272 e. The van der Waals surface area contributed by atoms with Gasteiger partial charge in [0.2, 0.25) is 0 Å². The summed E-state index contributed by atoms with van der Waals surface area (Å²) in [5.41, 5.74) is 3.84. The number of nitrogens with one attached hydrogen (secondary N) is 1. The number of aromatic nitrogens is 5. The summed E-state index contributed by atoms with van der Waals surface area (Å²) in [5, 5.41) is 11.7. The third-order valence-electron chi connectivity index (χ3n) is 6.20. The van der Waals surface area contributed by atoms with Crippen molar-refractivity contribution in [3.8, 4) is 11.4 Å². The molecule has 0 saturated carbocycles. The maximum atomic E-state index is 12.9. The molecule has 1 N–H and O–H groups in total. The number of rotatable bonds is 4. The third-order valence-corrected chi connectivity index (χ3v) is 6.20. The quantitative estimate of drug-likeness (QED) is 0.516. The maximum absolute atomic E-state index is 12.9. The van der Waals surface area contributed by atoms with Crippen LogP contribution in [0.15, 0.2) is 47.3 Å². The van der Waals surface area contributed by atoms with Gasteiger partial charge in [0.05, 0.1) is 11.0 Å². The lowest BCUT2D eigenvalue weighted by atomic mass is 10.1. The van der Waals surface area contributed by atoms with E-state index in [1.54, 1.807) is 29.7 Å². The van der Waals surface area contributed by atoms with Crippen molar-refractivity contribution in [2.45, 2.75) is 52.6 Å². The zero-order valence-electron chi connectivity index (χ0n) is 18.8. The molecule has 1 amide bonds. The van der Waals surface area contributed by atoms with Crippen molar-refractivity contribution in [2.75, 3.05) is 5.32 Å². The second kappa shape index (κ2) is 8.61. The summed E-state index contributed by atoms with van der Waals surface area (Å²) >= 11 is 0. The molecule has 0 radical (unpaired) electrons. The lowest BCUT2D eigenvalue weighted by Crippen LogP contribution is -2.23. The highest BCUT2D eigenvalue weighted by Gasteiger charge is 2.16. The Hall–Kier alpha value is -3.81. The van der Waals surface area contributed by atoms with Gasteiger partial charge in [0, 0.05) is 36.3 Å². The van der Waals surface area contributed by atoms with E-state index in [9.17, 15) is 9.59 Å². The largest absolute Gasteiger partial charge is 0.322 e. The molecule has 0 aliphatic carbocycles. The van der Waals surface area contributed by atoms with Gasteiger partial charge in [-0.3, -0.25) is 9.59 Å². The summed E-state index contributed by atoms with van der Waals surface area (Å²) in [5.74, 6) is 1.70. The van der Waals surface area contributed by atoms with Crippen LogP contribution in [-0.2, 0) is 19.5 Å². The van der Waals surface area contributed by atoms with E-state index in [-0.39, 0.29) is 11.5 Å². The molecule has 5 rings (SSSR count). The number of hydrogen-bond donors (Lipinski definition) is 1. The van der Waals surface area contributed by atoms with E-state index in [0.29, 0.717) is 29.0 Å². The Morgan fingerprint density at radius 1 is 1.06 bits per heavy atom. The minimum Gasteiger partial charge on any atom is -0.322 e. The Kier molecular flexibility index (Phi) is 5.50. The minimum atomic E-state index is -0.227. The predicted molar refractivity (Wildman–Crippen MR) is 127 cm³/mol. The molecular formula is C25H26N6O2. The summed E-state index contributed by atoms with van der Waals surface area (Å²) in [6, 6.07) is 12.9. The van der Waals surface area contributed by atoms with Crippen molar-refractivity contribution < 1.29 is 4.79 Å². The van der Waals surface area contributed by atoms with Gasteiger partial charge in [0.15, 0.2) is 5.82 Å². The van der Waals surface area contributed by atoms with Crippen LogP contribution in [0.25, 0.3) is 22.4 Å². The topological polar surface area (TPSA) is 94.7 Å². The number of fused-ring (bicyclic) bond motifs is 2. The van der Waals surface area contributed by atoms with Crippen LogP contribution in [0.5, 0.6) is 0 Å². The summed E-state index contributed by atoms with van der Waals surface area (Å²) in [6.45, 7) is 5.10. The number of hydrogen-bond acceptors (Lipinski definition) is 5. The molecule has 1 aliphatic rings. The average Bonchev–Trinajstić information content (AvgIpc) is 3.08. The first-order chi connectivity index (χ1) is 16.0. The summed E-state index contributed by atoms with van der Waals surface area (Å²) in [4.78, 5) is 29.6. The zero-order valence-corrected chi connectivity index (χ0v) is 18.8. The van der Waals surface area contributed by atoms with Gasteiger partial charge in [-0.1, -0.05) is 6.42 Å². The number of nitrogens with zero attached hydrogens (tertiary/aromatic N) is 5. The van der Waals surface area contributed by atoms with E-state index in [4.69, 9.17) is 0 Å². The second-order valence-corrected chi connectivity index (χ2v) is 8.38.